The molecule has 0 spiro atoms. The van der Waals surface area contributed by atoms with Crippen molar-refractivity contribution in [2.45, 2.75) is 13.2 Å². The van der Waals surface area contributed by atoms with Gasteiger partial charge in [-0.05, 0) is 94.9 Å². The molecular formula is C31H21Cl4IN2O4. The quantitative estimate of drug-likeness (QED) is 0.0992. The van der Waals surface area contributed by atoms with Gasteiger partial charge < -0.3 is 19.5 Å². The number of ether oxygens (including phenoxy) is 3. The summed E-state index contributed by atoms with van der Waals surface area (Å²) in [6, 6.07) is 22.6. The highest BCUT2D eigenvalue weighted by Gasteiger charge is 2.15. The van der Waals surface area contributed by atoms with Crippen LogP contribution in [0, 0.1) is 14.9 Å². The van der Waals surface area contributed by atoms with Gasteiger partial charge in [0.1, 0.15) is 30.6 Å². The summed E-state index contributed by atoms with van der Waals surface area (Å²) in [5, 5.41) is 14.5. The Morgan fingerprint density at radius 1 is 0.881 bits per heavy atom. The molecule has 4 aromatic rings. The van der Waals surface area contributed by atoms with Crippen molar-refractivity contribution in [3.8, 4) is 23.3 Å². The first kappa shape index (κ1) is 31.8. The van der Waals surface area contributed by atoms with Crippen LogP contribution < -0.4 is 19.5 Å². The minimum Gasteiger partial charge on any atom is -0.493 e. The van der Waals surface area contributed by atoms with E-state index in [1.165, 1.54) is 13.2 Å². The van der Waals surface area contributed by atoms with E-state index < -0.39 is 5.91 Å². The van der Waals surface area contributed by atoms with Crippen molar-refractivity contribution >= 4 is 86.7 Å². The second-order valence-corrected chi connectivity index (χ2v) is 11.6. The number of halogens is 5. The largest absolute Gasteiger partial charge is 0.493 e. The lowest BCUT2D eigenvalue weighted by Gasteiger charge is -2.14. The van der Waals surface area contributed by atoms with Crippen molar-refractivity contribution in [2.75, 3.05) is 12.4 Å². The van der Waals surface area contributed by atoms with Crippen molar-refractivity contribution in [2.24, 2.45) is 0 Å². The first-order valence-electron chi connectivity index (χ1n) is 12.2. The van der Waals surface area contributed by atoms with Crippen molar-refractivity contribution in [3.05, 3.63) is 119 Å². The molecule has 0 unspecified atom stereocenters. The number of nitrogens with one attached hydrogen (secondary N) is 1. The molecule has 6 nitrogen and oxygen atoms in total. The van der Waals surface area contributed by atoms with Gasteiger partial charge in [0.15, 0.2) is 11.5 Å². The molecule has 0 bridgehead atoms. The number of hydrogen-bond donors (Lipinski definition) is 1. The van der Waals surface area contributed by atoms with E-state index in [2.05, 4.69) is 27.9 Å². The molecule has 1 amide bonds. The van der Waals surface area contributed by atoms with Crippen LogP contribution in [0.3, 0.4) is 0 Å². The van der Waals surface area contributed by atoms with E-state index in [9.17, 15) is 10.1 Å². The minimum absolute atomic E-state index is 0.0906. The zero-order chi connectivity index (χ0) is 30.2. The van der Waals surface area contributed by atoms with Crippen molar-refractivity contribution in [3.63, 3.8) is 0 Å². The van der Waals surface area contributed by atoms with Crippen LogP contribution >= 0.6 is 69.0 Å². The number of rotatable bonds is 10. The third-order valence-electron chi connectivity index (χ3n) is 5.84. The third kappa shape index (κ3) is 8.46. The van der Waals surface area contributed by atoms with Crippen LogP contribution in [-0.2, 0) is 18.0 Å². The summed E-state index contributed by atoms with van der Waals surface area (Å²) in [4.78, 5) is 12.9. The average Bonchev–Trinajstić information content (AvgIpc) is 2.96. The molecule has 0 fully saturated rings. The number of carbonyl (C=O) groups excluding carboxylic acids is 1. The molecule has 0 atom stereocenters. The second kappa shape index (κ2) is 14.9. The average molecular weight is 754 g/mol. The number of benzene rings is 4. The fourth-order valence-electron chi connectivity index (χ4n) is 3.70. The van der Waals surface area contributed by atoms with Crippen molar-refractivity contribution in [1.29, 1.82) is 5.26 Å². The number of methoxy groups -OCH3 is 1. The first-order chi connectivity index (χ1) is 20.2. The van der Waals surface area contributed by atoms with Crippen molar-refractivity contribution in [1.82, 2.24) is 0 Å². The van der Waals surface area contributed by atoms with Crippen LogP contribution in [-0.4, -0.2) is 13.0 Å². The third-order valence-corrected chi connectivity index (χ3v) is 7.81. The van der Waals surface area contributed by atoms with Crippen LogP contribution in [0.25, 0.3) is 6.08 Å². The molecule has 11 heteroatoms. The van der Waals surface area contributed by atoms with Gasteiger partial charge in [-0.2, -0.15) is 5.26 Å². The van der Waals surface area contributed by atoms with Gasteiger partial charge in [-0.3, -0.25) is 4.79 Å². The molecule has 0 saturated heterocycles. The van der Waals surface area contributed by atoms with Crippen LogP contribution in [0.15, 0.2) is 78.4 Å². The normalized spacial score (nSPS) is 11.0. The van der Waals surface area contributed by atoms with E-state index in [4.69, 9.17) is 60.6 Å². The summed E-state index contributed by atoms with van der Waals surface area (Å²) in [6.45, 7) is 0.450. The molecule has 0 aliphatic heterocycles. The maximum atomic E-state index is 12.9. The predicted molar refractivity (Wildman–Crippen MR) is 176 cm³/mol. The van der Waals surface area contributed by atoms with E-state index in [0.29, 0.717) is 48.6 Å². The fraction of sp³-hybridized carbons (Fsp3) is 0.0968. The zero-order valence-electron chi connectivity index (χ0n) is 21.9. The molecule has 0 heterocycles. The Labute approximate surface area is 276 Å². The summed E-state index contributed by atoms with van der Waals surface area (Å²) in [7, 11) is 1.51. The topological polar surface area (TPSA) is 80.6 Å². The Morgan fingerprint density at radius 2 is 1.48 bits per heavy atom. The van der Waals surface area contributed by atoms with Crippen molar-refractivity contribution < 1.29 is 19.0 Å². The number of anilines is 1. The van der Waals surface area contributed by atoms with Crippen LogP contribution in [0.1, 0.15) is 16.7 Å². The maximum absolute atomic E-state index is 12.9. The smallest absolute Gasteiger partial charge is 0.266 e. The van der Waals surface area contributed by atoms with Gasteiger partial charge in [0.2, 0.25) is 0 Å². The first-order valence-corrected chi connectivity index (χ1v) is 14.8. The molecule has 0 radical (unpaired) electrons. The summed E-state index contributed by atoms with van der Waals surface area (Å²) < 4.78 is 18.0. The van der Waals surface area contributed by atoms with Gasteiger partial charge in [0, 0.05) is 36.9 Å². The standard InChI is InChI=1S/C31H21Cl4IN2O4/c1-40-29-12-18(11-28(36)30(29)42-17-20-3-5-23(33)14-27(20)35)10-21(15-37)31(39)38-24-6-8-25(9-7-24)41-16-19-2-4-22(32)13-26(19)34/h2-14H,16-17H2,1H3,(H,38,39)/b21-10+. The lowest BCUT2D eigenvalue weighted by Crippen LogP contribution is -2.13. The Kier molecular flexibility index (Phi) is 11.2. The molecule has 1 N–H and O–H groups in total. The number of amides is 1. The van der Waals surface area contributed by atoms with Gasteiger partial charge in [0.05, 0.1) is 10.7 Å². The Balaban J connectivity index is 1.42. The van der Waals surface area contributed by atoms with E-state index >= 15 is 0 Å². The summed E-state index contributed by atoms with van der Waals surface area (Å²) in [5.74, 6) is 0.958. The van der Waals surface area contributed by atoms with E-state index in [1.807, 2.05) is 6.07 Å². The molecule has 0 aromatic heterocycles. The van der Waals surface area contributed by atoms with Gasteiger partial charge in [-0.1, -0.05) is 58.5 Å². The maximum Gasteiger partial charge on any atom is 0.266 e. The van der Waals surface area contributed by atoms with Gasteiger partial charge >= 0.3 is 0 Å². The van der Waals surface area contributed by atoms with E-state index in [-0.39, 0.29) is 18.8 Å². The van der Waals surface area contributed by atoms with Gasteiger partial charge in [-0.15, -0.1) is 0 Å². The number of hydrogen-bond acceptors (Lipinski definition) is 5. The minimum atomic E-state index is -0.564. The number of nitrogens with zero attached hydrogens (tertiary/aromatic N) is 1. The molecule has 0 aliphatic carbocycles. The summed E-state index contributed by atoms with van der Waals surface area (Å²) in [5.41, 5.74) is 2.54. The highest BCUT2D eigenvalue weighted by atomic mass is 127. The molecule has 0 saturated carbocycles. The predicted octanol–water partition coefficient (Wildman–Crippen LogP) is 9.62. The van der Waals surface area contributed by atoms with E-state index in [0.717, 1.165) is 14.7 Å². The monoisotopic (exact) mass is 752 g/mol. The summed E-state index contributed by atoms with van der Waals surface area (Å²) in [6.07, 6.45) is 1.48. The molecule has 0 aliphatic rings. The highest BCUT2D eigenvalue weighted by molar-refractivity contribution is 14.1. The zero-order valence-corrected chi connectivity index (χ0v) is 27.1. The number of carbonyl (C=O) groups is 1. The SMILES string of the molecule is COc1cc(/C=C(\C#N)C(=O)Nc2ccc(OCc3ccc(Cl)cc3Cl)cc2)cc(I)c1OCc1ccc(Cl)cc1Cl. The Hall–Kier alpha value is -3.13. The molecule has 4 rings (SSSR count). The highest BCUT2D eigenvalue weighted by Crippen LogP contribution is 2.36. The van der Waals surface area contributed by atoms with Crippen LogP contribution in [0.4, 0.5) is 5.69 Å². The molecular weight excluding hydrogens is 733 g/mol. The number of nitriles is 1. The lowest BCUT2D eigenvalue weighted by molar-refractivity contribution is -0.112. The van der Waals surface area contributed by atoms with Crippen LogP contribution in [0.2, 0.25) is 20.1 Å². The van der Waals surface area contributed by atoms with Crippen LogP contribution in [0.5, 0.6) is 17.2 Å². The Bertz CT molecular complexity index is 1690. The van der Waals surface area contributed by atoms with E-state index in [1.54, 1.807) is 72.8 Å². The summed E-state index contributed by atoms with van der Waals surface area (Å²) >= 11 is 26.5. The lowest BCUT2D eigenvalue weighted by atomic mass is 10.1. The molecule has 4 aromatic carbocycles. The molecule has 214 valence electrons. The second-order valence-electron chi connectivity index (χ2n) is 8.73. The fourth-order valence-corrected chi connectivity index (χ4v) is 5.41. The Morgan fingerprint density at radius 3 is 2.02 bits per heavy atom. The van der Waals surface area contributed by atoms with Gasteiger partial charge in [0.25, 0.3) is 5.91 Å². The molecule has 42 heavy (non-hydrogen) atoms. The van der Waals surface area contributed by atoms with Gasteiger partial charge in [-0.25, -0.2) is 0 Å².